The number of hydrogen-bond acceptors (Lipinski definition) is 3. The molecule has 1 aromatic carbocycles. The second kappa shape index (κ2) is 7.21. The number of rotatable bonds is 3. The van der Waals surface area contributed by atoms with Gasteiger partial charge in [-0.1, -0.05) is 0 Å². The first-order valence-corrected chi connectivity index (χ1v) is 7.13. The largest absolute Gasteiger partial charge is 0.378 e. The zero-order chi connectivity index (χ0) is 14.4. The van der Waals surface area contributed by atoms with Crippen molar-refractivity contribution in [2.45, 2.75) is 6.92 Å². The molecule has 1 aliphatic rings. The Bertz CT molecular complexity index is 470. The number of carbonyl (C=O) groups excluding carboxylic acids is 1. The lowest BCUT2D eigenvalue weighted by molar-refractivity contribution is 0.0303. The van der Waals surface area contributed by atoms with Crippen molar-refractivity contribution in [2.75, 3.05) is 38.2 Å². The lowest BCUT2D eigenvalue weighted by Crippen LogP contribution is -2.40. The van der Waals surface area contributed by atoms with Gasteiger partial charge in [-0.2, -0.15) is 0 Å². The van der Waals surface area contributed by atoms with E-state index in [0.717, 1.165) is 12.2 Å². The van der Waals surface area contributed by atoms with Crippen LogP contribution in [0.2, 0.25) is 0 Å². The number of ether oxygens (including phenoxy) is 1. The molecule has 1 aliphatic heterocycles. The second-order valence-corrected chi connectivity index (χ2v) is 4.87. The van der Waals surface area contributed by atoms with Gasteiger partial charge in [0.05, 0.1) is 13.2 Å². The Balaban J connectivity index is 1.96. The van der Waals surface area contributed by atoms with Crippen LogP contribution in [0.25, 0.3) is 0 Å². The Hall–Kier alpha value is -1.66. The summed E-state index contributed by atoms with van der Waals surface area (Å²) in [7, 11) is 0. The molecule has 0 bridgehead atoms. The van der Waals surface area contributed by atoms with E-state index in [-0.39, 0.29) is 5.91 Å². The van der Waals surface area contributed by atoms with Gasteiger partial charge in [0.1, 0.15) is 0 Å². The maximum absolute atomic E-state index is 12.2. The number of anilines is 1. The number of carbonyl (C=O) groups is 1. The molecular formula is C14H19N3O2S. The lowest BCUT2D eigenvalue weighted by Gasteiger charge is -2.26. The fourth-order valence-corrected chi connectivity index (χ4v) is 2.24. The maximum atomic E-state index is 12.2. The number of benzene rings is 1. The Morgan fingerprint density at radius 2 is 1.95 bits per heavy atom. The van der Waals surface area contributed by atoms with Gasteiger partial charge in [-0.15, -0.1) is 0 Å². The first kappa shape index (κ1) is 14.7. The fraction of sp³-hybridized carbons (Fsp3) is 0.429. The van der Waals surface area contributed by atoms with Crippen molar-refractivity contribution in [1.82, 2.24) is 10.2 Å². The van der Waals surface area contributed by atoms with Gasteiger partial charge in [0.15, 0.2) is 5.11 Å². The molecule has 0 unspecified atom stereocenters. The molecule has 6 heteroatoms. The first-order valence-electron chi connectivity index (χ1n) is 6.72. The van der Waals surface area contributed by atoms with Crippen molar-refractivity contribution in [3.8, 4) is 0 Å². The topological polar surface area (TPSA) is 53.6 Å². The highest BCUT2D eigenvalue weighted by molar-refractivity contribution is 7.80. The van der Waals surface area contributed by atoms with E-state index in [9.17, 15) is 4.79 Å². The second-order valence-electron chi connectivity index (χ2n) is 4.47. The Labute approximate surface area is 124 Å². The molecule has 1 amide bonds. The monoisotopic (exact) mass is 293 g/mol. The van der Waals surface area contributed by atoms with Gasteiger partial charge < -0.3 is 20.3 Å². The summed E-state index contributed by atoms with van der Waals surface area (Å²) in [5.41, 5.74) is 1.56. The highest BCUT2D eigenvalue weighted by Crippen LogP contribution is 2.12. The van der Waals surface area contributed by atoms with Crippen LogP contribution in [0.1, 0.15) is 17.3 Å². The highest BCUT2D eigenvalue weighted by Gasteiger charge is 2.18. The first-order chi connectivity index (χ1) is 9.70. The van der Waals surface area contributed by atoms with E-state index in [1.807, 2.05) is 36.1 Å². The van der Waals surface area contributed by atoms with E-state index in [4.69, 9.17) is 17.0 Å². The molecule has 0 atom stereocenters. The summed E-state index contributed by atoms with van der Waals surface area (Å²) in [5.74, 6) is 0.0501. The molecule has 20 heavy (non-hydrogen) atoms. The maximum Gasteiger partial charge on any atom is 0.254 e. The third kappa shape index (κ3) is 3.91. The minimum absolute atomic E-state index is 0.0501. The van der Waals surface area contributed by atoms with Crippen molar-refractivity contribution in [3.63, 3.8) is 0 Å². The average Bonchev–Trinajstić information content (AvgIpc) is 2.48. The Kier molecular flexibility index (Phi) is 5.31. The number of thiocarbonyl (C=S) groups is 1. The number of nitrogens with one attached hydrogen (secondary N) is 2. The van der Waals surface area contributed by atoms with Crippen LogP contribution in [0.3, 0.4) is 0 Å². The van der Waals surface area contributed by atoms with Gasteiger partial charge >= 0.3 is 0 Å². The summed E-state index contributed by atoms with van der Waals surface area (Å²) in [6, 6.07) is 7.35. The predicted molar refractivity (Wildman–Crippen MR) is 83.1 cm³/mol. The van der Waals surface area contributed by atoms with Crippen LogP contribution in [0.5, 0.6) is 0 Å². The molecule has 2 rings (SSSR count). The molecule has 2 N–H and O–H groups in total. The van der Waals surface area contributed by atoms with Crippen LogP contribution in [0.4, 0.5) is 5.69 Å². The molecule has 1 aromatic rings. The van der Waals surface area contributed by atoms with E-state index in [2.05, 4.69) is 10.6 Å². The molecule has 0 radical (unpaired) electrons. The molecule has 5 nitrogen and oxygen atoms in total. The van der Waals surface area contributed by atoms with Crippen LogP contribution in [-0.4, -0.2) is 48.8 Å². The van der Waals surface area contributed by atoms with Gasteiger partial charge in [-0.25, -0.2) is 0 Å². The third-order valence-electron chi connectivity index (χ3n) is 3.03. The molecule has 1 saturated heterocycles. The normalized spacial score (nSPS) is 14.8. The van der Waals surface area contributed by atoms with Crippen LogP contribution >= 0.6 is 12.2 Å². The molecular weight excluding hydrogens is 274 g/mol. The Morgan fingerprint density at radius 3 is 2.55 bits per heavy atom. The molecule has 0 saturated carbocycles. The smallest absolute Gasteiger partial charge is 0.254 e. The molecule has 1 fully saturated rings. The van der Waals surface area contributed by atoms with Crippen LogP contribution in [0.15, 0.2) is 24.3 Å². The average molecular weight is 293 g/mol. The minimum Gasteiger partial charge on any atom is -0.378 e. The van der Waals surface area contributed by atoms with Gasteiger partial charge in [-0.3, -0.25) is 4.79 Å². The zero-order valence-electron chi connectivity index (χ0n) is 11.5. The van der Waals surface area contributed by atoms with Crippen molar-refractivity contribution in [1.29, 1.82) is 0 Å². The summed E-state index contributed by atoms with van der Waals surface area (Å²) < 4.78 is 5.25. The van der Waals surface area contributed by atoms with E-state index < -0.39 is 0 Å². The summed E-state index contributed by atoms with van der Waals surface area (Å²) >= 11 is 5.11. The molecule has 0 aliphatic carbocycles. The van der Waals surface area contributed by atoms with E-state index >= 15 is 0 Å². The van der Waals surface area contributed by atoms with E-state index in [1.54, 1.807) is 0 Å². The number of nitrogens with zero attached hydrogens (tertiary/aromatic N) is 1. The van der Waals surface area contributed by atoms with Gasteiger partial charge in [-0.05, 0) is 43.4 Å². The predicted octanol–water partition coefficient (Wildman–Crippen LogP) is 1.47. The summed E-state index contributed by atoms with van der Waals surface area (Å²) in [5, 5.41) is 6.66. The minimum atomic E-state index is 0.0501. The molecule has 108 valence electrons. The fourth-order valence-electron chi connectivity index (χ4n) is 1.98. The molecule has 0 spiro atoms. The summed E-state index contributed by atoms with van der Waals surface area (Å²) in [4.78, 5) is 14.1. The molecule has 0 aromatic heterocycles. The summed E-state index contributed by atoms with van der Waals surface area (Å²) in [6.45, 7) is 5.30. The van der Waals surface area contributed by atoms with Crippen molar-refractivity contribution in [3.05, 3.63) is 29.8 Å². The zero-order valence-corrected chi connectivity index (χ0v) is 12.3. The quantitative estimate of drug-likeness (QED) is 0.827. The van der Waals surface area contributed by atoms with Gasteiger partial charge in [0.25, 0.3) is 5.91 Å². The number of morpholine rings is 1. The third-order valence-corrected chi connectivity index (χ3v) is 3.27. The van der Waals surface area contributed by atoms with Crippen LogP contribution in [0, 0.1) is 0 Å². The van der Waals surface area contributed by atoms with Crippen molar-refractivity contribution >= 4 is 28.9 Å². The van der Waals surface area contributed by atoms with Crippen molar-refractivity contribution in [2.24, 2.45) is 0 Å². The standard InChI is InChI=1S/C14H19N3O2S/c1-2-15-14(20)16-12-5-3-11(4-6-12)13(18)17-7-9-19-10-8-17/h3-6H,2,7-10H2,1H3,(H2,15,16,20). The van der Waals surface area contributed by atoms with E-state index in [1.165, 1.54) is 0 Å². The molecule has 1 heterocycles. The number of hydrogen-bond donors (Lipinski definition) is 2. The lowest BCUT2D eigenvalue weighted by atomic mass is 10.1. The van der Waals surface area contributed by atoms with Crippen LogP contribution in [-0.2, 0) is 4.74 Å². The SMILES string of the molecule is CCNC(=S)Nc1ccc(C(=O)N2CCOCC2)cc1. The van der Waals surface area contributed by atoms with Gasteiger partial charge in [0.2, 0.25) is 0 Å². The van der Waals surface area contributed by atoms with Gasteiger partial charge in [0, 0.05) is 30.9 Å². The summed E-state index contributed by atoms with van der Waals surface area (Å²) in [6.07, 6.45) is 0. The van der Waals surface area contributed by atoms with E-state index in [0.29, 0.717) is 37.0 Å². The Morgan fingerprint density at radius 1 is 1.30 bits per heavy atom. The van der Waals surface area contributed by atoms with Crippen molar-refractivity contribution < 1.29 is 9.53 Å². The highest BCUT2D eigenvalue weighted by atomic mass is 32.1. The number of amides is 1. The van der Waals surface area contributed by atoms with Crippen LogP contribution < -0.4 is 10.6 Å².